The molecule has 2 aromatic rings. The van der Waals surface area contributed by atoms with Gasteiger partial charge in [0, 0.05) is 23.8 Å². The smallest absolute Gasteiger partial charge is 0.263 e. The Hall–Kier alpha value is -2.05. The van der Waals surface area contributed by atoms with Crippen molar-refractivity contribution in [2.24, 2.45) is 7.05 Å². The number of hydrogen-bond acceptors (Lipinski definition) is 5. The zero-order valence-electron chi connectivity index (χ0n) is 11.2. The van der Waals surface area contributed by atoms with Crippen LogP contribution in [0.25, 0.3) is 0 Å². The van der Waals surface area contributed by atoms with E-state index in [4.69, 9.17) is 10.00 Å². The lowest BCUT2D eigenvalue weighted by atomic mass is 10.3. The van der Waals surface area contributed by atoms with Crippen LogP contribution in [0, 0.1) is 11.3 Å². The van der Waals surface area contributed by atoms with Gasteiger partial charge < -0.3 is 4.74 Å². The number of aryl methyl sites for hydroxylation is 1. The first kappa shape index (κ1) is 15.3. The lowest BCUT2D eigenvalue weighted by Crippen LogP contribution is -2.14. The van der Waals surface area contributed by atoms with Crippen LogP contribution >= 0.6 is 15.9 Å². The second-order valence-corrected chi connectivity index (χ2v) is 6.71. The van der Waals surface area contributed by atoms with Crippen molar-refractivity contribution in [3.63, 3.8) is 0 Å². The van der Waals surface area contributed by atoms with E-state index in [1.165, 1.54) is 30.1 Å². The van der Waals surface area contributed by atoms with Crippen molar-refractivity contribution < 1.29 is 13.2 Å². The number of ether oxygens (including phenoxy) is 1. The topological polar surface area (TPSA) is 97.0 Å². The number of sulfonamides is 1. The maximum absolute atomic E-state index is 12.4. The molecule has 0 bridgehead atoms. The van der Waals surface area contributed by atoms with Crippen LogP contribution in [0.2, 0.25) is 0 Å². The van der Waals surface area contributed by atoms with Crippen LogP contribution in [0.15, 0.2) is 33.8 Å². The molecule has 0 radical (unpaired) electrons. The van der Waals surface area contributed by atoms with Crippen molar-refractivity contribution in [2.75, 3.05) is 11.8 Å². The summed E-state index contributed by atoms with van der Waals surface area (Å²) in [6.07, 6.45) is 1.43. The zero-order valence-corrected chi connectivity index (χ0v) is 13.6. The normalized spacial score (nSPS) is 11.0. The third-order valence-corrected chi connectivity index (χ3v) is 4.35. The quantitative estimate of drug-likeness (QED) is 0.885. The predicted octanol–water partition coefficient (Wildman–Crippen LogP) is 1.86. The molecule has 1 N–H and O–H groups in total. The average molecular weight is 371 g/mol. The summed E-state index contributed by atoms with van der Waals surface area (Å²) in [6, 6.07) is 6.33. The maximum atomic E-state index is 12.4. The van der Waals surface area contributed by atoms with Gasteiger partial charge in [-0.2, -0.15) is 10.4 Å². The van der Waals surface area contributed by atoms with E-state index in [2.05, 4.69) is 25.8 Å². The van der Waals surface area contributed by atoms with Crippen LogP contribution in [0.5, 0.6) is 5.75 Å². The second-order valence-electron chi connectivity index (χ2n) is 4.11. The molecule has 1 aromatic carbocycles. The first-order valence-corrected chi connectivity index (χ1v) is 7.94. The van der Waals surface area contributed by atoms with Gasteiger partial charge in [-0.15, -0.1) is 0 Å². The Morgan fingerprint density at radius 2 is 2.14 bits per heavy atom. The summed E-state index contributed by atoms with van der Waals surface area (Å²) in [5, 5.41) is 12.9. The minimum absolute atomic E-state index is 0.00303. The molecule has 0 amide bonds. The first-order valence-electron chi connectivity index (χ1n) is 5.67. The van der Waals surface area contributed by atoms with E-state index >= 15 is 0 Å². The third-order valence-electron chi connectivity index (χ3n) is 2.57. The summed E-state index contributed by atoms with van der Waals surface area (Å²) in [5.41, 5.74) is 0.142. The van der Waals surface area contributed by atoms with E-state index in [-0.39, 0.29) is 16.3 Å². The van der Waals surface area contributed by atoms with Gasteiger partial charge in [0.05, 0.1) is 12.0 Å². The summed E-state index contributed by atoms with van der Waals surface area (Å²) in [7, 11) is -0.834. The average Bonchev–Trinajstić information content (AvgIpc) is 2.77. The van der Waals surface area contributed by atoms with Crippen molar-refractivity contribution in [1.29, 1.82) is 5.26 Å². The van der Waals surface area contributed by atoms with E-state index in [9.17, 15) is 8.42 Å². The Morgan fingerprint density at radius 1 is 1.43 bits per heavy atom. The second kappa shape index (κ2) is 5.75. The molecule has 0 saturated carbocycles. The molecule has 0 fully saturated rings. The van der Waals surface area contributed by atoms with Gasteiger partial charge in [0.15, 0.2) is 5.82 Å². The van der Waals surface area contributed by atoms with Gasteiger partial charge in [-0.25, -0.2) is 8.42 Å². The fourth-order valence-corrected chi connectivity index (χ4v) is 3.34. The van der Waals surface area contributed by atoms with Crippen LogP contribution in [0.3, 0.4) is 0 Å². The molecule has 1 aromatic heterocycles. The summed E-state index contributed by atoms with van der Waals surface area (Å²) in [6.45, 7) is 0. The SMILES string of the molecule is COc1cc(Br)cc(S(=O)(=O)Nc2nn(C)cc2C#N)c1. The number of halogens is 1. The predicted molar refractivity (Wildman–Crippen MR) is 79.4 cm³/mol. The molecule has 0 aliphatic carbocycles. The number of hydrogen-bond donors (Lipinski definition) is 1. The highest BCUT2D eigenvalue weighted by molar-refractivity contribution is 9.10. The molecule has 0 spiro atoms. The molecule has 0 aliphatic heterocycles. The summed E-state index contributed by atoms with van der Waals surface area (Å²) in [5.74, 6) is 0.380. The number of rotatable bonds is 4. The lowest BCUT2D eigenvalue weighted by molar-refractivity contribution is 0.413. The number of nitrogens with one attached hydrogen (secondary N) is 1. The Labute approximate surface area is 130 Å². The fraction of sp³-hybridized carbons (Fsp3) is 0.167. The molecule has 7 nitrogen and oxygen atoms in total. The van der Waals surface area contributed by atoms with Crippen molar-refractivity contribution >= 4 is 31.8 Å². The van der Waals surface area contributed by atoms with Gasteiger partial charge in [-0.05, 0) is 12.1 Å². The van der Waals surface area contributed by atoms with Crippen LogP contribution in [-0.4, -0.2) is 25.3 Å². The van der Waals surface area contributed by atoms with Gasteiger partial charge in [0.2, 0.25) is 0 Å². The van der Waals surface area contributed by atoms with E-state index in [1.807, 2.05) is 6.07 Å². The Bertz CT molecular complexity index is 824. The largest absolute Gasteiger partial charge is 0.497 e. The molecule has 110 valence electrons. The van der Waals surface area contributed by atoms with Crippen molar-refractivity contribution in [2.45, 2.75) is 4.90 Å². The Kier molecular flexibility index (Phi) is 4.20. The van der Waals surface area contributed by atoms with Crippen LogP contribution < -0.4 is 9.46 Å². The van der Waals surface area contributed by atoms with Gasteiger partial charge in [0.1, 0.15) is 17.4 Å². The molecule has 0 saturated heterocycles. The molecule has 0 atom stereocenters. The van der Waals surface area contributed by atoms with Gasteiger partial charge in [-0.1, -0.05) is 15.9 Å². The number of methoxy groups -OCH3 is 1. The van der Waals surface area contributed by atoms with Crippen LogP contribution in [0.4, 0.5) is 5.82 Å². The summed E-state index contributed by atoms with van der Waals surface area (Å²) >= 11 is 3.22. The van der Waals surface area contributed by atoms with Crippen LogP contribution in [0.1, 0.15) is 5.56 Å². The summed E-state index contributed by atoms with van der Waals surface area (Å²) in [4.78, 5) is 0.00303. The maximum Gasteiger partial charge on any atom is 0.263 e. The Morgan fingerprint density at radius 3 is 2.76 bits per heavy atom. The van der Waals surface area contributed by atoms with Gasteiger partial charge in [0.25, 0.3) is 10.0 Å². The molecule has 1 heterocycles. The monoisotopic (exact) mass is 370 g/mol. The Balaban J connectivity index is 2.43. The fourth-order valence-electron chi connectivity index (χ4n) is 1.64. The van der Waals surface area contributed by atoms with Crippen molar-refractivity contribution in [3.05, 3.63) is 34.4 Å². The molecule has 0 aliphatic rings. The van der Waals surface area contributed by atoms with Gasteiger partial charge in [-0.3, -0.25) is 9.40 Å². The highest BCUT2D eigenvalue weighted by Gasteiger charge is 2.19. The molecular formula is C12H11BrN4O3S. The molecule has 21 heavy (non-hydrogen) atoms. The standard InChI is InChI=1S/C12H11BrN4O3S/c1-17-7-8(6-14)12(15-17)16-21(18,19)11-4-9(13)3-10(5-11)20-2/h3-5,7H,1-2H3,(H,15,16). The minimum Gasteiger partial charge on any atom is -0.497 e. The van der Waals surface area contributed by atoms with Crippen molar-refractivity contribution in [3.8, 4) is 11.8 Å². The van der Waals surface area contributed by atoms with E-state index < -0.39 is 10.0 Å². The number of nitrogens with zero attached hydrogens (tertiary/aromatic N) is 3. The minimum atomic E-state index is -3.87. The first-order chi connectivity index (χ1) is 9.85. The van der Waals surface area contributed by atoms with Crippen LogP contribution in [-0.2, 0) is 17.1 Å². The number of anilines is 1. The number of nitriles is 1. The number of benzene rings is 1. The molecule has 9 heteroatoms. The van der Waals surface area contributed by atoms with Gasteiger partial charge >= 0.3 is 0 Å². The zero-order chi connectivity index (χ0) is 15.6. The van der Waals surface area contributed by atoms with Crippen molar-refractivity contribution in [1.82, 2.24) is 9.78 Å². The van der Waals surface area contributed by atoms with E-state index in [1.54, 1.807) is 13.1 Å². The number of aromatic nitrogens is 2. The molecule has 2 rings (SSSR count). The van der Waals surface area contributed by atoms with E-state index in [0.29, 0.717) is 10.2 Å². The van der Waals surface area contributed by atoms with E-state index in [0.717, 1.165) is 0 Å². The highest BCUT2D eigenvalue weighted by atomic mass is 79.9. The summed E-state index contributed by atoms with van der Waals surface area (Å²) < 4.78 is 34.0. The molecule has 0 unspecified atom stereocenters. The highest BCUT2D eigenvalue weighted by Crippen LogP contribution is 2.26. The molecular weight excluding hydrogens is 360 g/mol. The third kappa shape index (κ3) is 3.34. The lowest BCUT2D eigenvalue weighted by Gasteiger charge is -2.08.